The van der Waals surface area contributed by atoms with Gasteiger partial charge in [0.2, 0.25) is 0 Å². The Morgan fingerprint density at radius 1 is 1.00 bits per heavy atom. The molecule has 2 aromatic carbocycles. The molecule has 0 aromatic heterocycles. The van der Waals surface area contributed by atoms with Crippen LogP contribution in [0.4, 0.5) is 4.39 Å². The van der Waals surface area contributed by atoms with Crippen LogP contribution in [0.15, 0.2) is 54.6 Å². The van der Waals surface area contributed by atoms with Crippen LogP contribution in [0, 0.1) is 11.7 Å². The first-order chi connectivity index (χ1) is 13.5. The van der Waals surface area contributed by atoms with E-state index in [2.05, 4.69) is 18.7 Å². The highest BCUT2D eigenvalue weighted by molar-refractivity contribution is 6.22. The molecule has 0 spiro atoms. The molecule has 143 valence electrons. The highest BCUT2D eigenvalue weighted by Gasteiger charge is 2.42. The molecular weight excluding hydrogens is 355 g/mol. The van der Waals surface area contributed by atoms with Gasteiger partial charge in [-0.25, -0.2) is 4.39 Å². The van der Waals surface area contributed by atoms with Crippen LogP contribution in [0.1, 0.15) is 40.1 Å². The molecule has 0 saturated heterocycles. The third-order valence-electron chi connectivity index (χ3n) is 5.21. The number of carbonyl (C=O) groups excluding carboxylic acids is 2. The standard InChI is InChI=1S/C23H22FN2O2/c1-15(2)13-25-12-11-18(16-7-9-17(24)10-8-16)21(14-25)26-22(27)19-5-3-4-6-20(19)23(26)28/h3-11,21H,12-14H2,1-2H3/t21-/m1/s1. The second kappa shape index (κ2) is 7.32. The summed E-state index contributed by atoms with van der Waals surface area (Å²) in [6, 6.07) is 12.8. The Morgan fingerprint density at radius 3 is 2.18 bits per heavy atom. The first-order valence-electron chi connectivity index (χ1n) is 9.40. The molecule has 4 rings (SSSR count). The Kier molecular flexibility index (Phi) is 4.85. The maximum absolute atomic E-state index is 13.4. The molecule has 2 aromatic rings. The van der Waals surface area contributed by atoms with Gasteiger partial charge in [-0.15, -0.1) is 0 Å². The number of hydrogen-bond acceptors (Lipinski definition) is 3. The van der Waals surface area contributed by atoms with Crippen LogP contribution in [-0.2, 0) is 0 Å². The lowest BCUT2D eigenvalue weighted by molar-refractivity contribution is 0.0589. The van der Waals surface area contributed by atoms with Crippen LogP contribution in [0.3, 0.4) is 0 Å². The van der Waals surface area contributed by atoms with Crippen molar-refractivity contribution in [2.45, 2.75) is 19.9 Å². The molecule has 0 bridgehead atoms. The number of halogens is 1. The Balaban J connectivity index is 1.73. The predicted octanol–water partition coefficient (Wildman–Crippen LogP) is 3.80. The molecule has 2 amide bonds. The van der Waals surface area contributed by atoms with Crippen molar-refractivity contribution in [1.82, 2.24) is 9.80 Å². The summed E-state index contributed by atoms with van der Waals surface area (Å²) in [4.78, 5) is 29.7. The Hall–Kier alpha value is -2.79. The zero-order valence-electron chi connectivity index (χ0n) is 16.0. The van der Waals surface area contributed by atoms with Crippen LogP contribution < -0.4 is 0 Å². The maximum atomic E-state index is 13.4. The molecule has 28 heavy (non-hydrogen) atoms. The van der Waals surface area contributed by atoms with Crippen molar-refractivity contribution < 1.29 is 14.0 Å². The van der Waals surface area contributed by atoms with Gasteiger partial charge < -0.3 is 0 Å². The van der Waals surface area contributed by atoms with E-state index in [-0.39, 0.29) is 17.6 Å². The van der Waals surface area contributed by atoms with Crippen molar-refractivity contribution in [1.29, 1.82) is 0 Å². The highest BCUT2D eigenvalue weighted by Crippen LogP contribution is 2.33. The van der Waals surface area contributed by atoms with Gasteiger partial charge in [-0.2, -0.15) is 0 Å². The number of hydrogen-bond donors (Lipinski definition) is 0. The molecule has 0 aliphatic carbocycles. The molecule has 1 radical (unpaired) electrons. The van der Waals surface area contributed by atoms with Gasteiger partial charge in [0, 0.05) is 19.6 Å². The van der Waals surface area contributed by atoms with Crippen LogP contribution in [-0.4, -0.2) is 47.3 Å². The second-order valence-corrected chi connectivity index (χ2v) is 7.61. The first-order valence-corrected chi connectivity index (χ1v) is 9.40. The fraction of sp³-hybridized carbons (Fsp3) is 0.261. The minimum Gasteiger partial charge on any atom is -0.297 e. The SMILES string of the molecule is C[C](C)CN1CC=C(c2ccc(F)cc2)[C@H](N2C(=O)c3ccccc3C2=O)C1. The lowest BCUT2D eigenvalue weighted by atomic mass is 9.93. The van der Waals surface area contributed by atoms with Crippen molar-refractivity contribution in [2.75, 3.05) is 19.6 Å². The van der Waals surface area contributed by atoms with Gasteiger partial charge in [-0.3, -0.25) is 19.4 Å². The van der Waals surface area contributed by atoms with Crippen molar-refractivity contribution in [3.63, 3.8) is 0 Å². The van der Waals surface area contributed by atoms with E-state index in [1.54, 1.807) is 36.4 Å². The van der Waals surface area contributed by atoms with Gasteiger partial charge in [0.05, 0.1) is 17.2 Å². The zero-order chi connectivity index (χ0) is 19.8. The van der Waals surface area contributed by atoms with E-state index in [9.17, 15) is 14.0 Å². The van der Waals surface area contributed by atoms with Crippen molar-refractivity contribution in [3.05, 3.63) is 83.0 Å². The van der Waals surface area contributed by atoms with Gasteiger partial charge in [0.25, 0.3) is 11.8 Å². The number of benzene rings is 2. The molecule has 5 heteroatoms. The molecule has 0 saturated carbocycles. The molecule has 2 aliphatic rings. The Labute approximate surface area is 164 Å². The van der Waals surface area contributed by atoms with Crippen molar-refractivity contribution in [3.8, 4) is 0 Å². The van der Waals surface area contributed by atoms with Crippen LogP contribution >= 0.6 is 0 Å². The second-order valence-electron chi connectivity index (χ2n) is 7.61. The van der Waals surface area contributed by atoms with E-state index < -0.39 is 6.04 Å². The lowest BCUT2D eigenvalue weighted by Gasteiger charge is -2.37. The number of imide groups is 1. The van der Waals surface area contributed by atoms with E-state index in [0.717, 1.165) is 24.2 Å². The highest BCUT2D eigenvalue weighted by atomic mass is 19.1. The van der Waals surface area contributed by atoms with Crippen LogP contribution in [0.2, 0.25) is 0 Å². The van der Waals surface area contributed by atoms with Crippen molar-refractivity contribution >= 4 is 17.4 Å². The zero-order valence-corrected chi connectivity index (χ0v) is 16.0. The number of rotatable bonds is 4. The minimum atomic E-state index is -0.411. The maximum Gasteiger partial charge on any atom is 0.262 e. The first kappa shape index (κ1) is 18.6. The van der Waals surface area contributed by atoms with E-state index in [4.69, 9.17) is 0 Å². The molecule has 1 atom stereocenters. The summed E-state index contributed by atoms with van der Waals surface area (Å²) >= 11 is 0. The van der Waals surface area contributed by atoms with Gasteiger partial charge in [0.1, 0.15) is 5.82 Å². The van der Waals surface area contributed by atoms with Gasteiger partial charge >= 0.3 is 0 Å². The third-order valence-corrected chi connectivity index (χ3v) is 5.21. The monoisotopic (exact) mass is 377 g/mol. The average molecular weight is 377 g/mol. The molecule has 0 fully saturated rings. The topological polar surface area (TPSA) is 40.6 Å². The van der Waals surface area contributed by atoms with Crippen molar-refractivity contribution in [2.24, 2.45) is 0 Å². The number of carbonyl (C=O) groups is 2. The Morgan fingerprint density at radius 2 is 1.61 bits per heavy atom. The van der Waals surface area contributed by atoms with Gasteiger partial charge in [0.15, 0.2) is 0 Å². The normalized spacial score (nSPS) is 19.9. The molecule has 4 nitrogen and oxygen atoms in total. The number of nitrogens with zero attached hydrogens (tertiary/aromatic N) is 2. The summed E-state index contributed by atoms with van der Waals surface area (Å²) in [6.07, 6.45) is 2.05. The van der Waals surface area contributed by atoms with Gasteiger partial charge in [-0.05, 0) is 41.3 Å². The minimum absolute atomic E-state index is 0.266. The summed E-state index contributed by atoms with van der Waals surface area (Å²) in [5, 5.41) is 0. The third kappa shape index (κ3) is 3.27. The number of amides is 2. The van der Waals surface area contributed by atoms with E-state index >= 15 is 0 Å². The fourth-order valence-corrected chi connectivity index (χ4v) is 4.02. The molecule has 2 aliphatic heterocycles. The van der Waals surface area contributed by atoms with E-state index in [1.807, 2.05) is 6.08 Å². The quantitative estimate of drug-likeness (QED) is 0.761. The summed E-state index contributed by atoms with van der Waals surface area (Å²) < 4.78 is 13.4. The summed E-state index contributed by atoms with van der Waals surface area (Å²) in [5.74, 6) is 0.422. The Bertz CT molecular complexity index is 914. The summed E-state index contributed by atoms with van der Waals surface area (Å²) in [6.45, 7) is 6.21. The molecule has 0 N–H and O–H groups in total. The van der Waals surface area contributed by atoms with E-state index in [1.165, 1.54) is 23.0 Å². The largest absolute Gasteiger partial charge is 0.297 e. The van der Waals surface area contributed by atoms with Crippen LogP contribution in [0.25, 0.3) is 5.57 Å². The lowest BCUT2D eigenvalue weighted by Crippen LogP contribution is -2.50. The smallest absolute Gasteiger partial charge is 0.262 e. The molecule has 2 heterocycles. The van der Waals surface area contributed by atoms with Gasteiger partial charge in [-0.1, -0.05) is 44.2 Å². The molecular formula is C23H22FN2O2. The van der Waals surface area contributed by atoms with Crippen LogP contribution in [0.5, 0.6) is 0 Å². The number of fused-ring (bicyclic) bond motifs is 1. The summed E-state index contributed by atoms with van der Waals surface area (Å²) in [5.41, 5.74) is 2.61. The predicted molar refractivity (Wildman–Crippen MR) is 106 cm³/mol. The van der Waals surface area contributed by atoms with E-state index in [0.29, 0.717) is 17.7 Å². The molecule has 0 unspecified atom stereocenters. The fourth-order valence-electron chi connectivity index (χ4n) is 4.02. The average Bonchev–Trinajstić information content (AvgIpc) is 2.93. The summed E-state index contributed by atoms with van der Waals surface area (Å²) in [7, 11) is 0.